The van der Waals surface area contributed by atoms with Crippen LogP contribution >= 0.6 is 0 Å². The minimum atomic E-state index is 0. The molecule has 0 aliphatic carbocycles. The smallest absolute Gasteiger partial charge is 0 e. The van der Waals surface area contributed by atoms with E-state index in [4.69, 9.17) is 0 Å². The number of hydrogen-bond donors (Lipinski definition) is 0. The van der Waals surface area contributed by atoms with Crippen LogP contribution < -0.4 is 0 Å². The normalized spacial score (nSPS) is 0. The van der Waals surface area contributed by atoms with Crippen molar-refractivity contribution in [3.63, 3.8) is 0 Å². The van der Waals surface area contributed by atoms with Gasteiger partial charge in [-0.2, -0.15) is 0 Å². The van der Waals surface area contributed by atoms with Crippen molar-refractivity contribution in [1.29, 1.82) is 0 Å². The molecule has 0 aliphatic rings. The molecule has 0 saturated heterocycles. The van der Waals surface area contributed by atoms with Gasteiger partial charge in [0.15, 0.2) is 0 Å². The van der Waals surface area contributed by atoms with E-state index in [-0.39, 0.29) is 97.2 Å². The van der Waals surface area contributed by atoms with Gasteiger partial charge in [0.25, 0.3) is 0 Å². The topological polar surface area (TPSA) is 0 Å². The molecule has 0 nitrogen and oxygen atoms in total. The van der Waals surface area contributed by atoms with Crippen LogP contribution in [0.3, 0.4) is 0 Å². The first-order valence-corrected chi connectivity index (χ1v) is 0. The molecule has 0 bridgehead atoms. The van der Waals surface area contributed by atoms with Crippen LogP contribution in [0.4, 0.5) is 0 Å². The molecule has 0 rings (SSSR count). The molecular weight excluding hydrogens is 472 g/mol. The Balaban J connectivity index is 0. The van der Waals surface area contributed by atoms with E-state index >= 15 is 0 Å². The van der Waals surface area contributed by atoms with Crippen LogP contribution in [0.1, 0.15) is 0 Å². The fourth-order valence-electron chi connectivity index (χ4n) is 0. The van der Waals surface area contributed by atoms with Gasteiger partial charge in [-0.1, -0.05) is 0 Å². The van der Waals surface area contributed by atoms with Crippen molar-refractivity contribution < 1.29 is 71.4 Å². The standard InChI is InChI=1S/Co.Fe.In.Ni.W. The van der Waals surface area contributed by atoms with Crippen molar-refractivity contribution in [1.82, 2.24) is 0 Å². The maximum atomic E-state index is 0. The van der Waals surface area contributed by atoms with Gasteiger partial charge in [-0.25, -0.2) is 0 Å². The summed E-state index contributed by atoms with van der Waals surface area (Å²) >= 11 is 0. The quantitative estimate of drug-likeness (QED) is 0.422. The molecule has 36 valence electrons. The van der Waals surface area contributed by atoms with E-state index in [0.29, 0.717) is 0 Å². The summed E-state index contributed by atoms with van der Waals surface area (Å²) in [5, 5.41) is 0. The largest absolute Gasteiger partial charge is 0 e. The van der Waals surface area contributed by atoms with Gasteiger partial charge in [0.05, 0.1) is 0 Å². The molecule has 0 aromatic rings. The Bertz CT molecular complexity index is 11.6. The van der Waals surface area contributed by atoms with Crippen molar-refractivity contribution in [2.45, 2.75) is 0 Å². The first-order chi connectivity index (χ1) is 0. The third-order valence-corrected chi connectivity index (χ3v) is 0. The predicted molar refractivity (Wildman–Crippen MR) is 5.75 cm³/mol. The summed E-state index contributed by atoms with van der Waals surface area (Å²) in [6.45, 7) is 0. The minimum absolute atomic E-state index is 0. The van der Waals surface area contributed by atoms with Crippen LogP contribution in [-0.2, 0) is 71.4 Å². The predicted octanol–water partition coefficient (Wildman–Crippen LogP) is -0.391. The Labute approximate surface area is 95.6 Å². The summed E-state index contributed by atoms with van der Waals surface area (Å²) in [6, 6.07) is 0. The van der Waals surface area contributed by atoms with E-state index in [1.54, 1.807) is 0 Å². The third-order valence-electron chi connectivity index (χ3n) is 0. The second-order valence-corrected chi connectivity index (χ2v) is 0. The van der Waals surface area contributed by atoms with Crippen molar-refractivity contribution >= 4 is 25.8 Å². The molecular formula is CoFeInNiW. The fraction of sp³-hybridized carbons (Fsp3) is 0. The molecule has 0 saturated carbocycles. The van der Waals surface area contributed by atoms with Crippen molar-refractivity contribution in [2.75, 3.05) is 0 Å². The summed E-state index contributed by atoms with van der Waals surface area (Å²) in [6.07, 6.45) is 0. The van der Waals surface area contributed by atoms with Gasteiger partial charge in [-0.15, -0.1) is 0 Å². The molecule has 0 aromatic carbocycles. The molecule has 0 fully saturated rings. The summed E-state index contributed by atoms with van der Waals surface area (Å²) in [7, 11) is 0. The molecule has 5 heavy (non-hydrogen) atoms. The summed E-state index contributed by atoms with van der Waals surface area (Å²) in [5.41, 5.74) is 0. The van der Waals surface area contributed by atoms with Crippen molar-refractivity contribution in [3.8, 4) is 0 Å². The summed E-state index contributed by atoms with van der Waals surface area (Å²) in [4.78, 5) is 0. The Kier molecular flexibility index (Phi) is 236. The Morgan fingerprint density at radius 1 is 1.00 bits per heavy atom. The van der Waals surface area contributed by atoms with Gasteiger partial charge in [-0.05, 0) is 0 Å². The molecule has 0 spiro atoms. The van der Waals surface area contributed by atoms with Gasteiger partial charge in [0.1, 0.15) is 0 Å². The summed E-state index contributed by atoms with van der Waals surface area (Å²) < 4.78 is 0. The van der Waals surface area contributed by atoms with E-state index in [1.807, 2.05) is 0 Å². The van der Waals surface area contributed by atoms with E-state index in [9.17, 15) is 0 Å². The molecule has 0 unspecified atom stereocenters. The van der Waals surface area contributed by atoms with Crippen LogP contribution in [0.25, 0.3) is 0 Å². The first-order valence-electron chi connectivity index (χ1n) is 0. The average molecular weight is 472 g/mol. The monoisotopic (exact) mass is 472 g/mol. The second-order valence-electron chi connectivity index (χ2n) is 0. The molecule has 0 aliphatic heterocycles. The van der Waals surface area contributed by atoms with Gasteiger partial charge in [0, 0.05) is 97.2 Å². The SMILES string of the molecule is [Co].[Fe].[In].[Ni].[W]. The molecule has 0 aromatic heterocycles. The van der Waals surface area contributed by atoms with E-state index in [0.717, 1.165) is 0 Å². The zero-order valence-electron chi connectivity index (χ0n) is 1.99. The average Bonchev–Trinajstić information content (AvgIpc) is 0. The zero-order chi connectivity index (χ0) is 0. The molecule has 5 heteroatoms. The Morgan fingerprint density at radius 2 is 1.00 bits per heavy atom. The number of rotatable bonds is 0. The van der Waals surface area contributed by atoms with E-state index in [1.165, 1.54) is 0 Å². The molecule has 0 N–H and O–H groups in total. The van der Waals surface area contributed by atoms with Crippen molar-refractivity contribution in [2.24, 2.45) is 0 Å². The Morgan fingerprint density at radius 3 is 1.00 bits per heavy atom. The van der Waals surface area contributed by atoms with Gasteiger partial charge < -0.3 is 0 Å². The molecule has 0 amide bonds. The van der Waals surface area contributed by atoms with E-state index in [2.05, 4.69) is 0 Å². The Hall–Kier alpha value is 3.08. The van der Waals surface area contributed by atoms with Crippen LogP contribution in [0.2, 0.25) is 0 Å². The molecule has 0 atom stereocenters. The van der Waals surface area contributed by atoms with Gasteiger partial charge in [0.2, 0.25) is 0 Å². The van der Waals surface area contributed by atoms with E-state index < -0.39 is 0 Å². The third kappa shape index (κ3) is 19.3. The maximum absolute atomic E-state index is 0. The summed E-state index contributed by atoms with van der Waals surface area (Å²) in [5.74, 6) is 0. The zero-order valence-corrected chi connectivity index (χ0v) is 11.4. The second kappa shape index (κ2) is 27.6. The van der Waals surface area contributed by atoms with Gasteiger partial charge in [-0.3, -0.25) is 0 Å². The van der Waals surface area contributed by atoms with Crippen LogP contribution in [-0.4, -0.2) is 25.8 Å². The van der Waals surface area contributed by atoms with Crippen molar-refractivity contribution in [3.05, 3.63) is 0 Å². The van der Waals surface area contributed by atoms with Gasteiger partial charge >= 0.3 is 0 Å². The first kappa shape index (κ1) is 42.7. The van der Waals surface area contributed by atoms with Crippen LogP contribution in [0.15, 0.2) is 0 Å². The minimum Gasteiger partial charge on any atom is 0 e. The maximum Gasteiger partial charge on any atom is 0 e. The fourth-order valence-corrected chi connectivity index (χ4v) is 0. The van der Waals surface area contributed by atoms with Crippen LogP contribution in [0.5, 0.6) is 0 Å². The molecule has 0 heterocycles. The van der Waals surface area contributed by atoms with Crippen LogP contribution in [0, 0.1) is 0 Å². The number of hydrogen-bond acceptors (Lipinski definition) is 0. The molecule has 4 radical (unpaired) electrons.